The molecular formula is C14H24N2O4. The van der Waals surface area contributed by atoms with Gasteiger partial charge in [0, 0.05) is 12.6 Å². The fourth-order valence-corrected chi connectivity index (χ4v) is 2.26. The molecule has 0 aromatic heterocycles. The Labute approximate surface area is 119 Å². The molecule has 6 nitrogen and oxygen atoms in total. The van der Waals surface area contributed by atoms with Crippen LogP contribution < -0.4 is 10.6 Å². The van der Waals surface area contributed by atoms with Crippen LogP contribution in [0.15, 0.2) is 12.2 Å². The van der Waals surface area contributed by atoms with E-state index in [4.69, 9.17) is 9.84 Å². The summed E-state index contributed by atoms with van der Waals surface area (Å²) >= 11 is 0. The summed E-state index contributed by atoms with van der Waals surface area (Å²) in [5.41, 5.74) is 0.941. The molecule has 1 aliphatic rings. The molecule has 20 heavy (non-hydrogen) atoms. The van der Waals surface area contributed by atoms with Gasteiger partial charge in [0.1, 0.15) is 0 Å². The van der Waals surface area contributed by atoms with Crippen LogP contribution in [0.3, 0.4) is 0 Å². The number of carboxylic acids is 1. The first-order valence-corrected chi connectivity index (χ1v) is 6.98. The number of hydrogen-bond acceptors (Lipinski definition) is 3. The fraction of sp³-hybridized carbons (Fsp3) is 0.714. The van der Waals surface area contributed by atoms with Crippen LogP contribution in [0, 0.1) is 5.92 Å². The molecule has 1 saturated carbocycles. The standard InChI is InChI=1S/C14H24N2O4/c1-10(2)9-20-7-6-15-14(19)16-12-5-3-4-11(8-12)13(17)18/h11-12H,1,3-9H2,2H3,(H,17,18)(H2,15,16,19). The van der Waals surface area contributed by atoms with E-state index < -0.39 is 5.97 Å². The first-order valence-electron chi connectivity index (χ1n) is 6.98. The second kappa shape index (κ2) is 8.58. The number of hydrogen-bond donors (Lipinski definition) is 3. The van der Waals surface area contributed by atoms with Gasteiger partial charge in [-0.25, -0.2) is 4.79 Å². The quantitative estimate of drug-likeness (QED) is 0.488. The molecule has 0 saturated heterocycles. The molecule has 114 valence electrons. The Kier molecular flexibility index (Phi) is 7.08. The van der Waals surface area contributed by atoms with E-state index in [1.54, 1.807) is 0 Å². The molecule has 3 N–H and O–H groups in total. The molecule has 1 rings (SSSR count). The van der Waals surface area contributed by atoms with Gasteiger partial charge in [-0.3, -0.25) is 4.79 Å². The summed E-state index contributed by atoms with van der Waals surface area (Å²) in [7, 11) is 0. The summed E-state index contributed by atoms with van der Waals surface area (Å²) < 4.78 is 5.26. The minimum atomic E-state index is -0.773. The van der Waals surface area contributed by atoms with Gasteiger partial charge in [0.2, 0.25) is 0 Å². The number of aliphatic carboxylic acids is 1. The third-order valence-electron chi connectivity index (χ3n) is 3.24. The van der Waals surface area contributed by atoms with Gasteiger partial charge in [-0.05, 0) is 26.2 Å². The maximum absolute atomic E-state index is 11.6. The number of carbonyl (C=O) groups excluding carboxylic acids is 1. The average molecular weight is 284 g/mol. The second-order valence-corrected chi connectivity index (χ2v) is 5.31. The Bertz CT molecular complexity index is 357. The van der Waals surface area contributed by atoms with Crippen molar-refractivity contribution in [1.29, 1.82) is 0 Å². The molecular weight excluding hydrogens is 260 g/mol. The fourth-order valence-electron chi connectivity index (χ4n) is 2.26. The Morgan fingerprint density at radius 2 is 2.15 bits per heavy atom. The van der Waals surface area contributed by atoms with Gasteiger partial charge < -0.3 is 20.5 Å². The lowest BCUT2D eigenvalue weighted by Crippen LogP contribution is -2.45. The largest absolute Gasteiger partial charge is 0.481 e. The Hall–Kier alpha value is -1.56. The van der Waals surface area contributed by atoms with E-state index in [1.807, 2.05) is 6.92 Å². The Morgan fingerprint density at radius 1 is 1.40 bits per heavy atom. The number of carbonyl (C=O) groups is 2. The van der Waals surface area contributed by atoms with Gasteiger partial charge in [0.25, 0.3) is 0 Å². The lowest BCUT2D eigenvalue weighted by atomic mass is 9.86. The number of amides is 2. The number of rotatable bonds is 7. The predicted octanol–water partition coefficient (Wildman–Crippen LogP) is 1.52. The van der Waals surface area contributed by atoms with E-state index in [-0.39, 0.29) is 18.0 Å². The molecule has 0 bridgehead atoms. The third kappa shape index (κ3) is 6.56. The van der Waals surface area contributed by atoms with Gasteiger partial charge >= 0.3 is 12.0 Å². The van der Waals surface area contributed by atoms with Crippen LogP contribution in [0.25, 0.3) is 0 Å². The Balaban J connectivity index is 2.15. The summed E-state index contributed by atoms with van der Waals surface area (Å²) in [6.07, 6.45) is 2.88. The minimum Gasteiger partial charge on any atom is -0.481 e. The first-order chi connectivity index (χ1) is 9.49. The van der Waals surface area contributed by atoms with Crippen LogP contribution in [0.1, 0.15) is 32.6 Å². The van der Waals surface area contributed by atoms with Crippen LogP contribution in [-0.2, 0) is 9.53 Å². The van der Waals surface area contributed by atoms with Crippen molar-refractivity contribution in [2.75, 3.05) is 19.8 Å². The van der Waals surface area contributed by atoms with Gasteiger partial charge in [-0.2, -0.15) is 0 Å². The van der Waals surface area contributed by atoms with E-state index in [2.05, 4.69) is 17.2 Å². The molecule has 0 aromatic carbocycles. The van der Waals surface area contributed by atoms with Gasteiger partial charge in [0.05, 0.1) is 19.1 Å². The highest BCUT2D eigenvalue weighted by Gasteiger charge is 2.27. The maximum Gasteiger partial charge on any atom is 0.315 e. The SMILES string of the molecule is C=C(C)COCCNC(=O)NC1CCCC(C(=O)O)C1. The third-order valence-corrected chi connectivity index (χ3v) is 3.24. The summed E-state index contributed by atoms with van der Waals surface area (Å²) in [6, 6.07) is -0.318. The van der Waals surface area contributed by atoms with Crippen molar-refractivity contribution in [1.82, 2.24) is 10.6 Å². The van der Waals surface area contributed by atoms with Crippen molar-refractivity contribution in [3.63, 3.8) is 0 Å². The van der Waals surface area contributed by atoms with Gasteiger partial charge in [-0.1, -0.05) is 18.6 Å². The van der Waals surface area contributed by atoms with Crippen LogP contribution in [0.2, 0.25) is 0 Å². The second-order valence-electron chi connectivity index (χ2n) is 5.31. The van der Waals surface area contributed by atoms with Crippen LogP contribution in [0.4, 0.5) is 4.79 Å². The summed E-state index contributed by atoms with van der Waals surface area (Å²) in [4.78, 5) is 22.6. The molecule has 0 aliphatic heterocycles. The molecule has 2 amide bonds. The number of urea groups is 1. The lowest BCUT2D eigenvalue weighted by Gasteiger charge is -2.27. The first kappa shape index (κ1) is 16.5. The van der Waals surface area contributed by atoms with Crippen molar-refractivity contribution < 1.29 is 19.4 Å². The highest BCUT2D eigenvalue weighted by Crippen LogP contribution is 2.24. The van der Waals surface area contributed by atoms with Crippen molar-refractivity contribution in [2.24, 2.45) is 5.92 Å². The molecule has 1 fully saturated rings. The van der Waals surface area contributed by atoms with Crippen molar-refractivity contribution in [3.05, 3.63) is 12.2 Å². The molecule has 1 aliphatic carbocycles. The zero-order valence-corrected chi connectivity index (χ0v) is 12.0. The molecule has 6 heteroatoms. The highest BCUT2D eigenvalue weighted by atomic mass is 16.5. The monoisotopic (exact) mass is 284 g/mol. The van der Waals surface area contributed by atoms with E-state index in [9.17, 15) is 9.59 Å². The smallest absolute Gasteiger partial charge is 0.315 e. The molecule has 2 atom stereocenters. The summed E-state index contributed by atoms with van der Waals surface area (Å²) in [5, 5.41) is 14.5. The lowest BCUT2D eigenvalue weighted by molar-refractivity contribution is -0.143. The molecule has 2 unspecified atom stereocenters. The summed E-state index contributed by atoms with van der Waals surface area (Å²) in [5.74, 6) is -1.11. The molecule has 0 spiro atoms. The topological polar surface area (TPSA) is 87.7 Å². The van der Waals surface area contributed by atoms with Gasteiger partial charge in [-0.15, -0.1) is 0 Å². The Morgan fingerprint density at radius 3 is 2.80 bits per heavy atom. The predicted molar refractivity (Wildman–Crippen MR) is 75.5 cm³/mol. The van der Waals surface area contributed by atoms with E-state index in [0.717, 1.165) is 18.4 Å². The normalized spacial score (nSPS) is 22.1. The number of carboxylic acid groups (broad SMARTS) is 1. The van der Waals surface area contributed by atoms with Crippen molar-refractivity contribution in [2.45, 2.75) is 38.6 Å². The maximum atomic E-state index is 11.6. The van der Waals surface area contributed by atoms with Crippen molar-refractivity contribution in [3.8, 4) is 0 Å². The van der Waals surface area contributed by atoms with E-state index in [1.165, 1.54) is 0 Å². The van der Waals surface area contributed by atoms with Crippen molar-refractivity contribution >= 4 is 12.0 Å². The van der Waals surface area contributed by atoms with E-state index >= 15 is 0 Å². The number of ether oxygens (including phenoxy) is 1. The molecule has 0 heterocycles. The average Bonchev–Trinajstić information content (AvgIpc) is 2.38. The van der Waals surface area contributed by atoms with Crippen LogP contribution >= 0.6 is 0 Å². The zero-order valence-electron chi connectivity index (χ0n) is 12.0. The summed E-state index contributed by atoms with van der Waals surface area (Å²) in [6.45, 7) is 6.94. The highest BCUT2D eigenvalue weighted by molar-refractivity contribution is 5.74. The zero-order chi connectivity index (χ0) is 15.0. The van der Waals surface area contributed by atoms with Crippen LogP contribution in [0.5, 0.6) is 0 Å². The van der Waals surface area contributed by atoms with E-state index in [0.29, 0.717) is 32.6 Å². The number of nitrogens with one attached hydrogen (secondary N) is 2. The van der Waals surface area contributed by atoms with Gasteiger partial charge in [0.15, 0.2) is 0 Å². The molecule has 0 aromatic rings. The minimum absolute atomic E-state index is 0.0545. The van der Waals surface area contributed by atoms with Crippen LogP contribution in [-0.4, -0.2) is 42.9 Å². The molecule has 0 radical (unpaired) electrons.